The van der Waals surface area contributed by atoms with Crippen molar-refractivity contribution in [2.75, 3.05) is 13.1 Å². The minimum absolute atomic E-state index is 0.0226. The Morgan fingerprint density at radius 3 is 2.52 bits per heavy atom. The Labute approximate surface area is 153 Å². The van der Waals surface area contributed by atoms with Crippen LogP contribution in [0.1, 0.15) is 25.5 Å². The van der Waals surface area contributed by atoms with Crippen LogP contribution in [-0.2, 0) is 9.53 Å². The molecule has 3 rings (SSSR count). The Morgan fingerprint density at radius 1 is 1.16 bits per heavy atom. The molecule has 1 heterocycles. The lowest BCUT2D eigenvalue weighted by Gasteiger charge is -2.38. The van der Waals surface area contributed by atoms with E-state index in [-0.39, 0.29) is 18.1 Å². The largest absolute Gasteiger partial charge is 0.481 e. The van der Waals surface area contributed by atoms with Crippen LogP contribution in [0.4, 0.5) is 0 Å². The third-order valence-corrected chi connectivity index (χ3v) is 4.47. The molecule has 25 heavy (non-hydrogen) atoms. The Hall–Kier alpha value is -2.04. The summed E-state index contributed by atoms with van der Waals surface area (Å²) in [6.07, 6.45) is -0.704. The van der Waals surface area contributed by atoms with E-state index >= 15 is 0 Å². The first-order chi connectivity index (χ1) is 12.0. The van der Waals surface area contributed by atoms with Gasteiger partial charge >= 0.3 is 0 Å². The maximum atomic E-state index is 12.8. The van der Waals surface area contributed by atoms with Crippen LogP contribution in [-0.4, -0.2) is 36.1 Å². The fourth-order valence-electron chi connectivity index (χ4n) is 3.01. The number of carbonyl (C=O) groups excluding carboxylic acids is 1. The lowest BCUT2D eigenvalue weighted by atomic mass is 10.1. The fraction of sp³-hybridized carbons (Fsp3) is 0.350. The van der Waals surface area contributed by atoms with Gasteiger partial charge in [0.1, 0.15) is 11.9 Å². The number of rotatable bonds is 4. The minimum Gasteiger partial charge on any atom is -0.481 e. The number of benzene rings is 2. The van der Waals surface area contributed by atoms with Gasteiger partial charge in [-0.05, 0) is 43.7 Å². The molecule has 0 aliphatic carbocycles. The average molecular weight is 360 g/mol. The standard InChI is InChI=1S/C20H22ClNO3/c1-14-12-22(13-19(24-14)16-6-4-3-5-7-16)20(23)15(2)25-18-10-8-17(21)9-11-18/h3-11,14-15,19H,12-13H2,1-2H3/t14-,15+,19+/m1/s1. The molecule has 0 aromatic heterocycles. The van der Waals surface area contributed by atoms with Crippen LogP contribution in [0.3, 0.4) is 0 Å². The first kappa shape index (κ1) is 17.8. The van der Waals surface area contributed by atoms with Gasteiger partial charge in [-0.3, -0.25) is 4.79 Å². The lowest BCUT2D eigenvalue weighted by Crippen LogP contribution is -2.50. The summed E-state index contributed by atoms with van der Waals surface area (Å²) in [6.45, 7) is 4.85. The molecule has 0 unspecified atom stereocenters. The summed E-state index contributed by atoms with van der Waals surface area (Å²) in [4.78, 5) is 14.6. The van der Waals surface area contributed by atoms with Crippen molar-refractivity contribution in [2.45, 2.75) is 32.2 Å². The number of morpholine rings is 1. The van der Waals surface area contributed by atoms with E-state index in [1.807, 2.05) is 42.2 Å². The molecule has 3 atom stereocenters. The van der Waals surface area contributed by atoms with Gasteiger partial charge in [0.05, 0.1) is 12.6 Å². The molecule has 1 fully saturated rings. The summed E-state index contributed by atoms with van der Waals surface area (Å²) in [5.41, 5.74) is 1.08. The quantitative estimate of drug-likeness (QED) is 0.825. The van der Waals surface area contributed by atoms with Crippen LogP contribution in [0.5, 0.6) is 5.75 Å². The molecule has 0 bridgehead atoms. The van der Waals surface area contributed by atoms with Crippen LogP contribution in [0, 0.1) is 0 Å². The minimum atomic E-state index is -0.567. The summed E-state index contributed by atoms with van der Waals surface area (Å²) < 4.78 is 11.8. The monoisotopic (exact) mass is 359 g/mol. The van der Waals surface area contributed by atoms with Crippen molar-refractivity contribution in [3.05, 3.63) is 65.2 Å². The van der Waals surface area contributed by atoms with E-state index in [0.717, 1.165) is 5.56 Å². The van der Waals surface area contributed by atoms with Gasteiger partial charge in [0.25, 0.3) is 5.91 Å². The molecule has 4 nitrogen and oxygen atoms in total. The highest BCUT2D eigenvalue weighted by molar-refractivity contribution is 6.30. The van der Waals surface area contributed by atoms with Crippen molar-refractivity contribution in [1.29, 1.82) is 0 Å². The Balaban J connectivity index is 1.66. The zero-order chi connectivity index (χ0) is 17.8. The number of hydrogen-bond acceptors (Lipinski definition) is 3. The van der Waals surface area contributed by atoms with E-state index in [1.165, 1.54) is 0 Å². The molecule has 5 heteroatoms. The number of carbonyl (C=O) groups is 1. The van der Waals surface area contributed by atoms with Crippen molar-refractivity contribution in [3.8, 4) is 5.75 Å². The molecule has 2 aromatic carbocycles. The van der Waals surface area contributed by atoms with E-state index in [2.05, 4.69) is 0 Å². The highest BCUT2D eigenvalue weighted by Gasteiger charge is 2.32. The van der Waals surface area contributed by atoms with Crippen LogP contribution in [0.2, 0.25) is 5.02 Å². The zero-order valence-corrected chi connectivity index (χ0v) is 15.1. The molecule has 0 saturated carbocycles. The average Bonchev–Trinajstić information content (AvgIpc) is 2.63. The zero-order valence-electron chi connectivity index (χ0n) is 14.4. The fourth-order valence-corrected chi connectivity index (χ4v) is 3.13. The Morgan fingerprint density at radius 2 is 1.84 bits per heavy atom. The third-order valence-electron chi connectivity index (χ3n) is 4.22. The van der Waals surface area contributed by atoms with E-state index < -0.39 is 6.10 Å². The molecule has 1 aliphatic rings. The molecule has 0 radical (unpaired) electrons. The summed E-state index contributed by atoms with van der Waals surface area (Å²) >= 11 is 5.88. The Kier molecular flexibility index (Phi) is 5.61. The lowest BCUT2D eigenvalue weighted by molar-refractivity contribution is -0.151. The van der Waals surface area contributed by atoms with Crippen molar-refractivity contribution >= 4 is 17.5 Å². The topological polar surface area (TPSA) is 38.8 Å². The maximum Gasteiger partial charge on any atom is 0.263 e. The Bertz CT molecular complexity index is 705. The van der Waals surface area contributed by atoms with Crippen LogP contribution in [0.15, 0.2) is 54.6 Å². The van der Waals surface area contributed by atoms with Crippen molar-refractivity contribution in [2.24, 2.45) is 0 Å². The molecule has 1 saturated heterocycles. The van der Waals surface area contributed by atoms with E-state index in [0.29, 0.717) is 23.9 Å². The van der Waals surface area contributed by atoms with E-state index in [1.54, 1.807) is 31.2 Å². The molecule has 132 valence electrons. The van der Waals surface area contributed by atoms with Crippen molar-refractivity contribution < 1.29 is 14.3 Å². The molecular weight excluding hydrogens is 338 g/mol. The highest BCUT2D eigenvalue weighted by Crippen LogP contribution is 2.26. The van der Waals surface area contributed by atoms with Crippen molar-refractivity contribution in [3.63, 3.8) is 0 Å². The predicted octanol–water partition coefficient (Wildman–Crippen LogP) is 4.10. The van der Waals surface area contributed by atoms with Crippen LogP contribution >= 0.6 is 11.6 Å². The molecule has 0 spiro atoms. The van der Waals surface area contributed by atoms with E-state index in [9.17, 15) is 4.79 Å². The second kappa shape index (κ2) is 7.89. The SMILES string of the molecule is C[C@@H]1CN(C(=O)[C@H](C)Oc2ccc(Cl)cc2)C[C@@H](c2ccccc2)O1. The molecular formula is C20H22ClNO3. The van der Waals surface area contributed by atoms with Gasteiger partial charge in [0.15, 0.2) is 6.10 Å². The second-order valence-electron chi connectivity index (χ2n) is 6.30. The number of ether oxygens (including phenoxy) is 2. The summed E-state index contributed by atoms with van der Waals surface area (Å²) in [7, 11) is 0. The second-order valence-corrected chi connectivity index (χ2v) is 6.74. The van der Waals surface area contributed by atoms with Gasteiger partial charge in [-0.15, -0.1) is 0 Å². The smallest absolute Gasteiger partial charge is 0.263 e. The van der Waals surface area contributed by atoms with Crippen LogP contribution < -0.4 is 4.74 Å². The summed E-state index contributed by atoms with van der Waals surface area (Å²) in [6, 6.07) is 17.0. The highest BCUT2D eigenvalue weighted by atomic mass is 35.5. The van der Waals surface area contributed by atoms with Gasteiger partial charge < -0.3 is 14.4 Å². The summed E-state index contributed by atoms with van der Waals surface area (Å²) in [5, 5.41) is 0.638. The first-order valence-corrected chi connectivity index (χ1v) is 8.82. The number of halogens is 1. The van der Waals surface area contributed by atoms with E-state index in [4.69, 9.17) is 21.1 Å². The normalized spacial score (nSPS) is 21.6. The van der Waals surface area contributed by atoms with Gasteiger partial charge in [-0.25, -0.2) is 0 Å². The van der Waals surface area contributed by atoms with Gasteiger partial charge in [-0.2, -0.15) is 0 Å². The number of amides is 1. The maximum absolute atomic E-state index is 12.8. The van der Waals surface area contributed by atoms with Crippen molar-refractivity contribution in [1.82, 2.24) is 4.90 Å². The molecule has 1 amide bonds. The van der Waals surface area contributed by atoms with Gasteiger partial charge in [0.2, 0.25) is 0 Å². The molecule has 2 aromatic rings. The predicted molar refractivity (Wildman–Crippen MR) is 97.9 cm³/mol. The summed E-state index contributed by atoms with van der Waals surface area (Å²) in [5.74, 6) is 0.595. The molecule has 0 N–H and O–H groups in total. The number of hydrogen-bond donors (Lipinski definition) is 0. The van der Waals surface area contributed by atoms with Crippen LogP contribution in [0.25, 0.3) is 0 Å². The van der Waals surface area contributed by atoms with Gasteiger partial charge in [-0.1, -0.05) is 41.9 Å². The third kappa shape index (κ3) is 4.53. The first-order valence-electron chi connectivity index (χ1n) is 8.44. The number of nitrogens with zero attached hydrogens (tertiary/aromatic N) is 1. The van der Waals surface area contributed by atoms with Gasteiger partial charge in [0, 0.05) is 11.6 Å². The molecule has 1 aliphatic heterocycles.